The van der Waals surface area contributed by atoms with Crippen LogP contribution in [0.15, 0.2) is 18.2 Å². The summed E-state index contributed by atoms with van der Waals surface area (Å²) in [5.41, 5.74) is 0.299. The molecule has 1 aliphatic rings. The molecule has 1 aliphatic heterocycles. The van der Waals surface area contributed by atoms with Gasteiger partial charge in [-0.05, 0) is 12.1 Å². The van der Waals surface area contributed by atoms with E-state index in [9.17, 15) is 13.6 Å². The standard InChI is InChI=1S/C16H21F2NO4/c1-21-10-11-9-19(8-7-16(11,17)18)15(20)12-5-4-6-13(22-2)14(12)23-3/h4-6,11H,7-10H2,1-3H3. The minimum Gasteiger partial charge on any atom is -0.493 e. The first-order valence-corrected chi connectivity index (χ1v) is 7.31. The Hall–Kier alpha value is -1.89. The van der Waals surface area contributed by atoms with Crippen LogP contribution in [-0.4, -0.2) is 57.8 Å². The number of rotatable bonds is 5. The molecule has 128 valence electrons. The summed E-state index contributed by atoms with van der Waals surface area (Å²) in [5, 5.41) is 0. The molecule has 0 spiro atoms. The fraction of sp³-hybridized carbons (Fsp3) is 0.562. The minimum atomic E-state index is -2.83. The van der Waals surface area contributed by atoms with Crippen molar-refractivity contribution in [1.29, 1.82) is 0 Å². The lowest BCUT2D eigenvalue weighted by atomic mass is 9.93. The molecule has 1 saturated heterocycles. The minimum absolute atomic E-state index is 0.00753. The summed E-state index contributed by atoms with van der Waals surface area (Å²) in [6.07, 6.45) is -0.376. The molecule has 1 atom stereocenters. The molecule has 1 aromatic carbocycles. The molecule has 1 heterocycles. The van der Waals surface area contributed by atoms with Gasteiger partial charge in [-0.1, -0.05) is 6.07 Å². The maximum absolute atomic E-state index is 13.9. The van der Waals surface area contributed by atoms with Gasteiger partial charge in [0.25, 0.3) is 11.8 Å². The van der Waals surface area contributed by atoms with Crippen molar-refractivity contribution in [2.24, 2.45) is 5.92 Å². The van der Waals surface area contributed by atoms with Crippen LogP contribution in [-0.2, 0) is 4.74 Å². The third kappa shape index (κ3) is 3.55. The molecular formula is C16H21F2NO4. The van der Waals surface area contributed by atoms with Gasteiger partial charge in [-0.15, -0.1) is 0 Å². The van der Waals surface area contributed by atoms with Crippen molar-refractivity contribution in [2.75, 3.05) is 41.0 Å². The monoisotopic (exact) mass is 329 g/mol. The van der Waals surface area contributed by atoms with Crippen molar-refractivity contribution in [2.45, 2.75) is 12.3 Å². The lowest BCUT2D eigenvalue weighted by Crippen LogP contribution is -2.50. The summed E-state index contributed by atoms with van der Waals surface area (Å²) < 4.78 is 43.1. The molecule has 0 saturated carbocycles. The Balaban J connectivity index is 2.24. The molecule has 7 heteroatoms. The molecule has 1 fully saturated rings. The maximum atomic E-state index is 13.9. The first-order valence-electron chi connectivity index (χ1n) is 7.31. The molecule has 1 aromatic rings. The summed E-state index contributed by atoms with van der Waals surface area (Å²) >= 11 is 0. The topological polar surface area (TPSA) is 48.0 Å². The molecular weight excluding hydrogens is 308 g/mol. The zero-order chi connectivity index (χ0) is 17.0. The van der Waals surface area contributed by atoms with Crippen molar-refractivity contribution in [3.8, 4) is 11.5 Å². The number of carbonyl (C=O) groups excluding carboxylic acids is 1. The maximum Gasteiger partial charge on any atom is 0.257 e. The first-order chi connectivity index (χ1) is 10.9. The molecule has 2 rings (SSSR count). The summed E-state index contributed by atoms with van der Waals surface area (Å²) in [4.78, 5) is 14.1. The number of para-hydroxylation sites is 1. The Labute approximate surface area is 134 Å². The number of hydrogen-bond acceptors (Lipinski definition) is 4. The fourth-order valence-corrected chi connectivity index (χ4v) is 2.77. The molecule has 23 heavy (non-hydrogen) atoms. The summed E-state index contributed by atoms with van der Waals surface area (Å²) in [5.74, 6) is -3.46. The van der Waals surface area contributed by atoms with Gasteiger partial charge in [0.1, 0.15) is 0 Å². The van der Waals surface area contributed by atoms with Crippen LogP contribution in [0.5, 0.6) is 11.5 Å². The number of nitrogens with zero attached hydrogens (tertiary/aromatic N) is 1. The van der Waals surface area contributed by atoms with E-state index in [4.69, 9.17) is 14.2 Å². The molecule has 0 radical (unpaired) electrons. The van der Waals surface area contributed by atoms with Gasteiger partial charge in [0.15, 0.2) is 11.5 Å². The summed E-state index contributed by atoms with van der Waals surface area (Å²) in [6, 6.07) is 4.94. The van der Waals surface area contributed by atoms with Gasteiger partial charge in [-0.2, -0.15) is 0 Å². The molecule has 0 aliphatic carbocycles. The Morgan fingerprint density at radius 3 is 2.65 bits per heavy atom. The normalized spacial score (nSPS) is 20.2. The number of carbonyl (C=O) groups is 1. The van der Waals surface area contributed by atoms with Crippen LogP contribution in [0, 0.1) is 5.92 Å². The van der Waals surface area contributed by atoms with Crippen LogP contribution in [0.3, 0.4) is 0 Å². The molecule has 1 unspecified atom stereocenters. The van der Waals surface area contributed by atoms with Crippen molar-refractivity contribution in [1.82, 2.24) is 4.90 Å². The summed E-state index contributed by atoms with van der Waals surface area (Å²) in [7, 11) is 4.29. The highest BCUT2D eigenvalue weighted by Gasteiger charge is 2.45. The predicted molar refractivity (Wildman–Crippen MR) is 80.4 cm³/mol. The van der Waals surface area contributed by atoms with Gasteiger partial charge in [0, 0.05) is 26.6 Å². The van der Waals surface area contributed by atoms with Crippen LogP contribution in [0.25, 0.3) is 0 Å². The number of methoxy groups -OCH3 is 3. The smallest absolute Gasteiger partial charge is 0.257 e. The lowest BCUT2D eigenvalue weighted by Gasteiger charge is -2.38. The number of halogens is 2. The molecule has 0 bridgehead atoms. The quantitative estimate of drug-likeness (QED) is 0.832. The Morgan fingerprint density at radius 2 is 2.04 bits per heavy atom. The van der Waals surface area contributed by atoms with Crippen LogP contribution in [0.4, 0.5) is 8.78 Å². The second kappa shape index (κ2) is 7.12. The van der Waals surface area contributed by atoms with Gasteiger partial charge in [-0.25, -0.2) is 8.78 Å². The number of ether oxygens (including phenoxy) is 3. The zero-order valence-corrected chi connectivity index (χ0v) is 13.5. The number of amides is 1. The van der Waals surface area contributed by atoms with Crippen molar-refractivity contribution >= 4 is 5.91 Å². The second-order valence-electron chi connectivity index (χ2n) is 5.46. The lowest BCUT2D eigenvalue weighted by molar-refractivity contribution is -0.118. The van der Waals surface area contributed by atoms with E-state index in [1.54, 1.807) is 18.2 Å². The number of benzene rings is 1. The number of alkyl halides is 2. The van der Waals surface area contributed by atoms with E-state index in [2.05, 4.69) is 0 Å². The van der Waals surface area contributed by atoms with Gasteiger partial charge < -0.3 is 19.1 Å². The average Bonchev–Trinajstić information content (AvgIpc) is 2.55. The van der Waals surface area contributed by atoms with Crippen molar-refractivity contribution < 1.29 is 27.8 Å². The van der Waals surface area contributed by atoms with Gasteiger partial charge in [0.2, 0.25) is 0 Å². The van der Waals surface area contributed by atoms with Crippen molar-refractivity contribution in [3.63, 3.8) is 0 Å². The predicted octanol–water partition coefficient (Wildman–Crippen LogP) is 2.45. The molecule has 0 aromatic heterocycles. The van der Waals surface area contributed by atoms with Gasteiger partial charge >= 0.3 is 0 Å². The van der Waals surface area contributed by atoms with E-state index in [1.165, 1.54) is 26.2 Å². The van der Waals surface area contributed by atoms with E-state index < -0.39 is 11.8 Å². The first kappa shape index (κ1) is 17.5. The van der Waals surface area contributed by atoms with E-state index >= 15 is 0 Å². The highest BCUT2D eigenvalue weighted by molar-refractivity contribution is 5.98. The van der Waals surface area contributed by atoms with Crippen LogP contribution in [0.2, 0.25) is 0 Å². The van der Waals surface area contributed by atoms with E-state index in [-0.39, 0.29) is 32.0 Å². The number of likely N-dealkylation sites (tertiary alicyclic amines) is 1. The SMILES string of the molecule is COCC1CN(C(=O)c2cccc(OC)c2OC)CCC1(F)F. The largest absolute Gasteiger partial charge is 0.493 e. The van der Waals surface area contributed by atoms with Crippen LogP contribution >= 0.6 is 0 Å². The Morgan fingerprint density at radius 1 is 1.30 bits per heavy atom. The average molecular weight is 329 g/mol. The fourth-order valence-electron chi connectivity index (χ4n) is 2.77. The number of hydrogen-bond donors (Lipinski definition) is 0. The van der Waals surface area contributed by atoms with E-state index in [1.807, 2.05) is 0 Å². The van der Waals surface area contributed by atoms with Crippen LogP contribution in [0.1, 0.15) is 16.8 Å². The van der Waals surface area contributed by atoms with Gasteiger partial charge in [0.05, 0.1) is 32.3 Å². The zero-order valence-electron chi connectivity index (χ0n) is 13.5. The highest BCUT2D eigenvalue weighted by atomic mass is 19.3. The molecule has 1 amide bonds. The highest BCUT2D eigenvalue weighted by Crippen LogP contribution is 2.36. The Kier molecular flexibility index (Phi) is 5.41. The third-order valence-electron chi connectivity index (χ3n) is 4.04. The van der Waals surface area contributed by atoms with Crippen LogP contribution < -0.4 is 9.47 Å². The summed E-state index contributed by atoms with van der Waals surface area (Å²) in [6.45, 7) is -0.154. The third-order valence-corrected chi connectivity index (χ3v) is 4.04. The van der Waals surface area contributed by atoms with E-state index in [0.29, 0.717) is 17.1 Å². The molecule has 0 N–H and O–H groups in total. The Bertz CT molecular complexity index is 565. The van der Waals surface area contributed by atoms with Crippen molar-refractivity contribution in [3.05, 3.63) is 23.8 Å². The van der Waals surface area contributed by atoms with E-state index in [0.717, 1.165) is 0 Å². The number of piperidine rings is 1. The molecule has 5 nitrogen and oxygen atoms in total. The van der Waals surface area contributed by atoms with Gasteiger partial charge in [-0.3, -0.25) is 4.79 Å². The second-order valence-corrected chi connectivity index (χ2v) is 5.46.